The summed E-state index contributed by atoms with van der Waals surface area (Å²) in [4.78, 5) is 0. The van der Waals surface area contributed by atoms with Crippen molar-refractivity contribution in [1.82, 2.24) is 0 Å². The normalized spacial score (nSPS) is 12.7. The van der Waals surface area contributed by atoms with Crippen LogP contribution in [0.1, 0.15) is 17.4 Å². The first-order valence-electron chi connectivity index (χ1n) is 4.45. The average Bonchev–Trinajstić information content (AvgIpc) is 2.69. The lowest BCUT2D eigenvalue weighted by Crippen LogP contribution is -2.03. The van der Waals surface area contributed by atoms with Gasteiger partial charge in [-0.3, -0.25) is 0 Å². The Labute approximate surface area is 85.9 Å². The summed E-state index contributed by atoms with van der Waals surface area (Å²) in [5.41, 5.74) is 6.23. The summed E-state index contributed by atoms with van der Waals surface area (Å²) >= 11 is 0. The van der Waals surface area contributed by atoms with Crippen LogP contribution in [0.4, 0.5) is 10.1 Å². The fourth-order valence-electron chi connectivity index (χ4n) is 1.39. The molecular weight excluding hydrogens is 197 g/mol. The fraction of sp³-hybridized carbons (Fsp3) is 0.0909. The number of aliphatic hydroxyl groups excluding tert-OH is 1. The van der Waals surface area contributed by atoms with Gasteiger partial charge in [0.25, 0.3) is 0 Å². The number of anilines is 1. The number of hydrogen-bond donors (Lipinski definition) is 2. The minimum atomic E-state index is -0.958. The predicted molar refractivity (Wildman–Crippen MR) is 53.6 cm³/mol. The monoisotopic (exact) mass is 207 g/mol. The van der Waals surface area contributed by atoms with Gasteiger partial charge in [0.05, 0.1) is 6.26 Å². The summed E-state index contributed by atoms with van der Waals surface area (Å²) in [6.07, 6.45) is 0.499. The van der Waals surface area contributed by atoms with E-state index in [1.54, 1.807) is 12.1 Å². The zero-order valence-corrected chi connectivity index (χ0v) is 7.85. The van der Waals surface area contributed by atoms with Crippen molar-refractivity contribution in [3.8, 4) is 0 Å². The van der Waals surface area contributed by atoms with Gasteiger partial charge in [0.2, 0.25) is 0 Å². The molecule has 0 aliphatic carbocycles. The molecule has 1 heterocycles. The molecule has 0 radical (unpaired) electrons. The maximum absolute atomic E-state index is 12.8. The quantitative estimate of drug-likeness (QED) is 0.741. The van der Waals surface area contributed by atoms with Crippen LogP contribution in [0.3, 0.4) is 0 Å². The maximum Gasteiger partial charge on any atom is 0.139 e. The Bertz CT molecular complexity index is 454. The molecule has 0 saturated heterocycles. The second-order valence-electron chi connectivity index (χ2n) is 3.19. The van der Waals surface area contributed by atoms with Crippen molar-refractivity contribution in [2.75, 3.05) is 5.73 Å². The molecule has 2 rings (SSSR count). The van der Waals surface area contributed by atoms with E-state index in [1.807, 2.05) is 0 Å². The number of nitrogen functional groups attached to an aromatic ring is 1. The number of furan rings is 1. The van der Waals surface area contributed by atoms with Gasteiger partial charge < -0.3 is 15.3 Å². The van der Waals surface area contributed by atoms with Crippen molar-refractivity contribution in [1.29, 1.82) is 0 Å². The van der Waals surface area contributed by atoms with Gasteiger partial charge in [-0.05, 0) is 24.3 Å². The average molecular weight is 207 g/mol. The Kier molecular flexibility index (Phi) is 2.43. The summed E-state index contributed by atoms with van der Waals surface area (Å²) in [6, 6.07) is 7.16. The van der Waals surface area contributed by atoms with Crippen molar-refractivity contribution >= 4 is 5.69 Å². The first kappa shape index (κ1) is 9.73. The van der Waals surface area contributed by atoms with Crippen LogP contribution in [-0.2, 0) is 0 Å². The molecule has 78 valence electrons. The molecule has 2 aromatic rings. The number of benzene rings is 1. The highest BCUT2D eigenvalue weighted by atomic mass is 19.1. The number of rotatable bonds is 2. The minimum Gasteiger partial charge on any atom is -0.466 e. The third-order valence-corrected chi connectivity index (χ3v) is 2.16. The van der Waals surface area contributed by atoms with Gasteiger partial charge in [0.15, 0.2) is 0 Å². The van der Waals surface area contributed by atoms with Crippen molar-refractivity contribution < 1.29 is 13.9 Å². The van der Waals surface area contributed by atoms with Crippen LogP contribution in [-0.4, -0.2) is 5.11 Å². The van der Waals surface area contributed by atoms with Crippen LogP contribution in [0.25, 0.3) is 0 Å². The van der Waals surface area contributed by atoms with Crippen LogP contribution in [0.5, 0.6) is 0 Å². The Balaban J connectivity index is 2.38. The molecule has 0 aliphatic rings. The largest absolute Gasteiger partial charge is 0.466 e. The van der Waals surface area contributed by atoms with E-state index >= 15 is 0 Å². The Hall–Kier alpha value is -1.81. The first-order valence-corrected chi connectivity index (χ1v) is 4.45. The van der Waals surface area contributed by atoms with Gasteiger partial charge in [0.1, 0.15) is 17.7 Å². The van der Waals surface area contributed by atoms with Gasteiger partial charge in [-0.1, -0.05) is 6.07 Å². The van der Waals surface area contributed by atoms with Gasteiger partial charge in [0, 0.05) is 11.3 Å². The molecule has 0 fully saturated rings. The second-order valence-corrected chi connectivity index (χ2v) is 3.19. The van der Waals surface area contributed by atoms with E-state index in [4.69, 9.17) is 10.2 Å². The highest BCUT2D eigenvalue weighted by molar-refractivity contribution is 5.49. The molecule has 0 saturated carbocycles. The lowest BCUT2D eigenvalue weighted by atomic mass is 10.1. The van der Waals surface area contributed by atoms with Crippen molar-refractivity contribution in [3.05, 3.63) is 53.7 Å². The lowest BCUT2D eigenvalue weighted by molar-refractivity contribution is 0.190. The molecule has 1 atom stereocenters. The minimum absolute atomic E-state index is 0.207. The smallest absolute Gasteiger partial charge is 0.139 e. The molecule has 1 aromatic carbocycles. The second kappa shape index (κ2) is 3.74. The molecule has 1 aromatic heterocycles. The lowest BCUT2D eigenvalue weighted by Gasteiger charge is -2.10. The highest BCUT2D eigenvalue weighted by Crippen LogP contribution is 2.27. The van der Waals surface area contributed by atoms with Crippen LogP contribution >= 0.6 is 0 Å². The zero-order valence-electron chi connectivity index (χ0n) is 7.85. The SMILES string of the molecule is Nc1cc(F)ccc1C(O)c1ccco1. The number of hydrogen-bond acceptors (Lipinski definition) is 3. The number of halogens is 1. The van der Waals surface area contributed by atoms with Crippen LogP contribution in [0, 0.1) is 5.82 Å². The molecule has 0 aliphatic heterocycles. The summed E-state index contributed by atoms with van der Waals surface area (Å²) in [7, 11) is 0. The molecule has 0 bridgehead atoms. The highest BCUT2D eigenvalue weighted by Gasteiger charge is 2.15. The molecule has 3 nitrogen and oxygen atoms in total. The summed E-state index contributed by atoms with van der Waals surface area (Å²) in [6.45, 7) is 0. The third kappa shape index (κ3) is 1.85. The van der Waals surface area contributed by atoms with Gasteiger partial charge in [-0.2, -0.15) is 0 Å². The van der Waals surface area contributed by atoms with E-state index in [0.717, 1.165) is 0 Å². The molecule has 0 spiro atoms. The van der Waals surface area contributed by atoms with Crippen molar-refractivity contribution in [3.63, 3.8) is 0 Å². The Morgan fingerprint density at radius 1 is 1.33 bits per heavy atom. The molecule has 0 amide bonds. The Morgan fingerprint density at radius 2 is 2.13 bits per heavy atom. The van der Waals surface area contributed by atoms with Crippen LogP contribution < -0.4 is 5.73 Å². The summed E-state index contributed by atoms with van der Waals surface area (Å²) in [5, 5.41) is 9.86. The summed E-state index contributed by atoms with van der Waals surface area (Å²) in [5.74, 6) is -0.0452. The molecular formula is C11H10FNO2. The first-order chi connectivity index (χ1) is 7.18. The molecule has 15 heavy (non-hydrogen) atoms. The van der Waals surface area contributed by atoms with Crippen LogP contribution in [0.15, 0.2) is 41.0 Å². The number of aliphatic hydroxyl groups is 1. The van der Waals surface area contributed by atoms with Gasteiger partial charge >= 0.3 is 0 Å². The van der Waals surface area contributed by atoms with E-state index in [0.29, 0.717) is 11.3 Å². The van der Waals surface area contributed by atoms with E-state index in [2.05, 4.69) is 0 Å². The van der Waals surface area contributed by atoms with Crippen LogP contribution in [0.2, 0.25) is 0 Å². The molecule has 1 unspecified atom stereocenters. The van der Waals surface area contributed by atoms with E-state index in [1.165, 1.54) is 24.5 Å². The molecule has 4 heteroatoms. The fourth-order valence-corrected chi connectivity index (χ4v) is 1.39. The number of nitrogens with two attached hydrogens (primary N) is 1. The standard InChI is InChI=1S/C11H10FNO2/c12-7-3-4-8(9(13)6-7)11(14)10-2-1-5-15-10/h1-6,11,14H,13H2. The van der Waals surface area contributed by atoms with Crippen molar-refractivity contribution in [2.24, 2.45) is 0 Å². The summed E-state index contributed by atoms with van der Waals surface area (Å²) < 4.78 is 17.8. The Morgan fingerprint density at radius 3 is 2.73 bits per heavy atom. The van der Waals surface area contributed by atoms with Gasteiger partial charge in [-0.15, -0.1) is 0 Å². The maximum atomic E-state index is 12.8. The van der Waals surface area contributed by atoms with E-state index in [-0.39, 0.29) is 5.69 Å². The zero-order chi connectivity index (χ0) is 10.8. The predicted octanol–water partition coefficient (Wildman–Crippen LogP) is 2.08. The van der Waals surface area contributed by atoms with Crippen molar-refractivity contribution in [2.45, 2.75) is 6.10 Å². The molecule has 3 N–H and O–H groups in total. The van der Waals surface area contributed by atoms with Gasteiger partial charge in [-0.25, -0.2) is 4.39 Å². The van der Waals surface area contributed by atoms with E-state index in [9.17, 15) is 9.50 Å². The third-order valence-electron chi connectivity index (χ3n) is 2.16. The van der Waals surface area contributed by atoms with E-state index < -0.39 is 11.9 Å². The topological polar surface area (TPSA) is 59.4 Å².